The minimum absolute atomic E-state index is 0.0726. The van der Waals surface area contributed by atoms with Gasteiger partial charge < -0.3 is 5.73 Å². The van der Waals surface area contributed by atoms with Crippen molar-refractivity contribution in [2.75, 3.05) is 0 Å². The Labute approximate surface area is 94.6 Å². The summed E-state index contributed by atoms with van der Waals surface area (Å²) in [5.41, 5.74) is 7.08. The highest BCUT2D eigenvalue weighted by Gasteiger charge is 2.29. The average molecular weight is 226 g/mol. The summed E-state index contributed by atoms with van der Waals surface area (Å²) in [4.78, 5) is 10.6. The summed E-state index contributed by atoms with van der Waals surface area (Å²) in [6.07, 6.45) is 0.780. The second kappa shape index (κ2) is 4.61. The number of aryl methyl sites for hydroxylation is 2. The van der Waals surface area contributed by atoms with Gasteiger partial charge in [0.1, 0.15) is 11.4 Å². The van der Waals surface area contributed by atoms with Crippen LogP contribution in [0.5, 0.6) is 0 Å². The molecule has 1 aromatic heterocycles. The van der Waals surface area contributed by atoms with Gasteiger partial charge >= 0.3 is 5.69 Å². The van der Waals surface area contributed by atoms with Crippen LogP contribution in [0.2, 0.25) is 0 Å². The number of nitro groups is 1. The molecule has 0 aliphatic heterocycles. The lowest BCUT2D eigenvalue weighted by molar-refractivity contribution is -0.386. The van der Waals surface area contributed by atoms with E-state index in [-0.39, 0.29) is 22.6 Å². The van der Waals surface area contributed by atoms with E-state index in [1.807, 2.05) is 13.8 Å². The van der Waals surface area contributed by atoms with Gasteiger partial charge in [-0.25, -0.2) is 0 Å². The van der Waals surface area contributed by atoms with Gasteiger partial charge in [-0.15, -0.1) is 0 Å². The van der Waals surface area contributed by atoms with Gasteiger partial charge in [-0.1, -0.05) is 13.8 Å². The maximum atomic E-state index is 11.0. The van der Waals surface area contributed by atoms with Crippen molar-refractivity contribution in [2.24, 2.45) is 12.8 Å². The van der Waals surface area contributed by atoms with Crippen molar-refractivity contribution in [2.45, 2.75) is 39.2 Å². The highest BCUT2D eigenvalue weighted by atomic mass is 16.6. The predicted molar refractivity (Wildman–Crippen MR) is 61.3 cm³/mol. The van der Waals surface area contributed by atoms with Crippen molar-refractivity contribution in [1.29, 1.82) is 0 Å². The topological polar surface area (TPSA) is 87.0 Å². The number of nitrogens with two attached hydrogens (primary N) is 1. The molecule has 0 fully saturated rings. The van der Waals surface area contributed by atoms with E-state index in [0.717, 1.165) is 6.42 Å². The molecule has 0 amide bonds. The molecule has 6 nitrogen and oxygen atoms in total. The quantitative estimate of drug-likeness (QED) is 0.622. The Bertz CT molecular complexity index is 400. The molecule has 1 heterocycles. The third kappa shape index (κ3) is 2.06. The Hall–Kier alpha value is -1.43. The third-order valence-corrected chi connectivity index (χ3v) is 2.96. The van der Waals surface area contributed by atoms with E-state index in [4.69, 9.17) is 5.73 Å². The Morgan fingerprint density at radius 3 is 2.62 bits per heavy atom. The van der Waals surface area contributed by atoms with E-state index in [0.29, 0.717) is 11.4 Å². The van der Waals surface area contributed by atoms with E-state index in [2.05, 4.69) is 5.10 Å². The standard InChI is InChI=1S/C10H18N4O2/c1-5-8(11)6(2)9-10(14(15)16)7(3)12-13(9)4/h6,8H,5,11H2,1-4H3. The van der Waals surface area contributed by atoms with Crippen LogP contribution in [0.25, 0.3) is 0 Å². The number of hydrogen-bond donors (Lipinski definition) is 1. The van der Waals surface area contributed by atoms with Crippen LogP contribution in [-0.4, -0.2) is 20.7 Å². The van der Waals surface area contributed by atoms with Gasteiger partial charge in [0, 0.05) is 19.0 Å². The first-order valence-electron chi connectivity index (χ1n) is 5.33. The minimum Gasteiger partial charge on any atom is -0.327 e. The zero-order chi connectivity index (χ0) is 12.5. The second-order valence-electron chi connectivity index (χ2n) is 4.06. The van der Waals surface area contributed by atoms with Crippen LogP contribution < -0.4 is 5.73 Å². The lowest BCUT2D eigenvalue weighted by Crippen LogP contribution is -2.27. The largest absolute Gasteiger partial charge is 0.327 e. The van der Waals surface area contributed by atoms with Crippen molar-refractivity contribution in [3.8, 4) is 0 Å². The molecule has 0 radical (unpaired) electrons. The summed E-state index contributed by atoms with van der Waals surface area (Å²) in [5, 5.41) is 15.1. The van der Waals surface area contributed by atoms with Crippen LogP contribution in [0.4, 0.5) is 5.69 Å². The van der Waals surface area contributed by atoms with E-state index in [1.54, 1.807) is 18.7 Å². The van der Waals surface area contributed by atoms with Crippen LogP contribution in [0, 0.1) is 17.0 Å². The van der Waals surface area contributed by atoms with Crippen molar-refractivity contribution >= 4 is 5.69 Å². The van der Waals surface area contributed by atoms with Crippen LogP contribution in [0.15, 0.2) is 0 Å². The first kappa shape index (κ1) is 12.6. The van der Waals surface area contributed by atoms with E-state index in [9.17, 15) is 10.1 Å². The molecule has 2 N–H and O–H groups in total. The SMILES string of the molecule is CCC(N)C(C)c1c([N+](=O)[O-])c(C)nn1C. The molecule has 0 spiro atoms. The Balaban J connectivity index is 3.26. The smallest absolute Gasteiger partial charge is 0.313 e. The molecular formula is C10H18N4O2. The van der Waals surface area contributed by atoms with Crippen LogP contribution in [-0.2, 0) is 7.05 Å². The molecule has 0 saturated carbocycles. The summed E-state index contributed by atoms with van der Waals surface area (Å²) in [7, 11) is 1.72. The number of hydrogen-bond acceptors (Lipinski definition) is 4. The average Bonchev–Trinajstić information content (AvgIpc) is 2.51. The van der Waals surface area contributed by atoms with Crippen molar-refractivity contribution in [1.82, 2.24) is 9.78 Å². The lowest BCUT2D eigenvalue weighted by Gasteiger charge is -2.17. The van der Waals surface area contributed by atoms with Crippen molar-refractivity contribution in [3.63, 3.8) is 0 Å². The minimum atomic E-state index is -0.378. The Morgan fingerprint density at radius 2 is 2.19 bits per heavy atom. The third-order valence-electron chi connectivity index (χ3n) is 2.96. The highest BCUT2D eigenvalue weighted by Crippen LogP contribution is 2.31. The first-order valence-corrected chi connectivity index (χ1v) is 5.33. The second-order valence-corrected chi connectivity index (χ2v) is 4.06. The van der Waals surface area contributed by atoms with E-state index in [1.165, 1.54) is 0 Å². The maximum absolute atomic E-state index is 11.0. The van der Waals surface area contributed by atoms with E-state index < -0.39 is 0 Å². The Kier molecular flexibility index (Phi) is 3.64. The summed E-state index contributed by atoms with van der Waals surface area (Å²) < 4.78 is 1.56. The molecule has 0 bridgehead atoms. The molecule has 0 aliphatic carbocycles. The number of rotatable bonds is 4. The highest BCUT2D eigenvalue weighted by molar-refractivity contribution is 5.42. The molecule has 0 saturated heterocycles. The van der Waals surface area contributed by atoms with E-state index >= 15 is 0 Å². The zero-order valence-electron chi connectivity index (χ0n) is 10.1. The van der Waals surface area contributed by atoms with Gasteiger partial charge in [-0.3, -0.25) is 14.8 Å². The number of nitrogens with zero attached hydrogens (tertiary/aromatic N) is 3. The molecule has 0 aliphatic rings. The fourth-order valence-corrected chi connectivity index (χ4v) is 1.96. The van der Waals surface area contributed by atoms with Crippen LogP contribution >= 0.6 is 0 Å². The first-order chi connectivity index (χ1) is 7.40. The molecule has 1 aromatic rings. The van der Waals surface area contributed by atoms with Gasteiger partial charge in [-0.05, 0) is 13.3 Å². The fraction of sp³-hybridized carbons (Fsp3) is 0.700. The summed E-state index contributed by atoms with van der Waals surface area (Å²) >= 11 is 0. The number of aromatic nitrogens is 2. The summed E-state index contributed by atoms with van der Waals surface area (Å²) in [6.45, 7) is 5.51. The van der Waals surface area contributed by atoms with Gasteiger partial charge in [0.15, 0.2) is 0 Å². The molecule has 2 unspecified atom stereocenters. The van der Waals surface area contributed by atoms with Crippen molar-refractivity contribution < 1.29 is 4.92 Å². The van der Waals surface area contributed by atoms with Gasteiger partial charge in [0.05, 0.1) is 4.92 Å². The molecule has 1 rings (SSSR count). The normalized spacial score (nSPS) is 14.8. The monoisotopic (exact) mass is 226 g/mol. The summed E-state index contributed by atoms with van der Waals surface area (Å²) in [5.74, 6) is -0.0726. The summed E-state index contributed by atoms with van der Waals surface area (Å²) in [6, 6.07) is -0.0894. The molecule has 6 heteroatoms. The zero-order valence-corrected chi connectivity index (χ0v) is 10.1. The fourth-order valence-electron chi connectivity index (χ4n) is 1.96. The molecule has 90 valence electrons. The molecule has 2 atom stereocenters. The molecular weight excluding hydrogens is 208 g/mol. The van der Waals surface area contributed by atoms with Crippen LogP contribution in [0.3, 0.4) is 0 Å². The molecule has 0 aromatic carbocycles. The van der Waals surface area contributed by atoms with Crippen molar-refractivity contribution in [3.05, 3.63) is 21.5 Å². The maximum Gasteiger partial charge on any atom is 0.313 e. The Morgan fingerprint density at radius 1 is 1.62 bits per heavy atom. The van der Waals surface area contributed by atoms with Crippen LogP contribution in [0.1, 0.15) is 37.6 Å². The predicted octanol–water partition coefficient (Wildman–Crippen LogP) is 1.48. The van der Waals surface area contributed by atoms with Gasteiger partial charge in [0.25, 0.3) is 0 Å². The lowest BCUT2D eigenvalue weighted by atomic mass is 9.95. The molecule has 16 heavy (non-hydrogen) atoms. The van der Waals surface area contributed by atoms with Gasteiger partial charge in [0.2, 0.25) is 0 Å². The van der Waals surface area contributed by atoms with Gasteiger partial charge in [-0.2, -0.15) is 5.10 Å².